The number of hydrogen-bond acceptors (Lipinski definition) is 7. The summed E-state index contributed by atoms with van der Waals surface area (Å²) in [6.07, 6.45) is 8.76. The van der Waals surface area contributed by atoms with Crippen molar-refractivity contribution < 1.29 is 9.32 Å². The molecule has 1 N–H and O–H groups in total. The van der Waals surface area contributed by atoms with E-state index in [0.29, 0.717) is 17.9 Å². The van der Waals surface area contributed by atoms with E-state index < -0.39 is 0 Å². The summed E-state index contributed by atoms with van der Waals surface area (Å²) in [7, 11) is 0. The molecule has 8 heteroatoms. The first-order chi connectivity index (χ1) is 12.3. The fraction of sp³-hybridized carbons (Fsp3) is 0.647. The van der Waals surface area contributed by atoms with Crippen LogP contribution in [0.2, 0.25) is 0 Å². The number of aromatic nitrogens is 3. The standard InChI is InChI=1S/C17H21N5O2S/c23-15(19-11-5-6-11)14-20-16(24-21-14)13-2-1-7-22(13)9-12-8-18-17(25-12)10-3-4-10/h8,10-11,13H,1-7,9H2,(H,19,23)/t13-/m0/s1. The maximum Gasteiger partial charge on any atom is 0.292 e. The molecular weight excluding hydrogens is 338 g/mol. The maximum atomic E-state index is 12.1. The van der Waals surface area contributed by atoms with Gasteiger partial charge < -0.3 is 9.84 Å². The van der Waals surface area contributed by atoms with E-state index in [4.69, 9.17) is 4.52 Å². The molecule has 2 aromatic rings. The summed E-state index contributed by atoms with van der Waals surface area (Å²) >= 11 is 1.83. The summed E-state index contributed by atoms with van der Waals surface area (Å²) in [5.74, 6) is 1.20. The molecule has 0 radical (unpaired) electrons. The molecule has 5 rings (SSSR count). The second kappa shape index (κ2) is 6.17. The van der Waals surface area contributed by atoms with E-state index in [1.54, 1.807) is 0 Å². The summed E-state index contributed by atoms with van der Waals surface area (Å²) < 4.78 is 5.42. The Morgan fingerprint density at radius 1 is 1.32 bits per heavy atom. The summed E-state index contributed by atoms with van der Waals surface area (Å²) in [5, 5.41) is 8.06. The fourth-order valence-electron chi connectivity index (χ4n) is 3.35. The molecule has 0 aromatic carbocycles. The van der Waals surface area contributed by atoms with Gasteiger partial charge in [-0.25, -0.2) is 4.98 Å². The summed E-state index contributed by atoms with van der Waals surface area (Å²) in [6.45, 7) is 1.87. The van der Waals surface area contributed by atoms with Crippen LogP contribution in [-0.2, 0) is 6.54 Å². The average Bonchev–Trinajstić information content (AvgIpc) is 3.46. The highest BCUT2D eigenvalue weighted by atomic mass is 32.1. The Morgan fingerprint density at radius 3 is 3.00 bits per heavy atom. The number of carbonyl (C=O) groups is 1. The third kappa shape index (κ3) is 3.32. The Labute approximate surface area is 149 Å². The minimum atomic E-state index is -0.224. The lowest BCUT2D eigenvalue weighted by Crippen LogP contribution is -2.26. The Morgan fingerprint density at radius 2 is 2.20 bits per heavy atom. The lowest BCUT2D eigenvalue weighted by molar-refractivity contribution is 0.0937. The van der Waals surface area contributed by atoms with E-state index in [1.165, 1.54) is 22.7 Å². The van der Waals surface area contributed by atoms with E-state index >= 15 is 0 Å². The molecule has 132 valence electrons. The molecule has 25 heavy (non-hydrogen) atoms. The fourth-order valence-corrected chi connectivity index (χ4v) is 4.46. The highest BCUT2D eigenvalue weighted by Gasteiger charge is 2.33. The highest BCUT2D eigenvalue weighted by molar-refractivity contribution is 7.11. The summed E-state index contributed by atoms with van der Waals surface area (Å²) in [6, 6.07) is 0.394. The van der Waals surface area contributed by atoms with Crippen molar-refractivity contribution >= 4 is 17.2 Å². The van der Waals surface area contributed by atoms with E-state index in [1.807, 2.05) is 17.5 Å². The van der Waals surface area contributed by atoms with Crippen molar-refractivity contribution in [2.24, 2.45) is 0 Å². The van der Waals surface area contributed by atoms with Gasteiger partial charge in [0.05, 0.1) is 11.0 Å². The molecule has 3 heterocycles. The lowest BCUT2D eigenvalue weighted by atomic mass is 10.2. The van der Waals surface area contributed by atoms with Gasteiger partial charge in [-0.05, 0) is 45.1 Å². The smallest absolute Gasteiger partial charge is 0.292 e. The number of amides is 1. The van der Waals surface area contributed by atoms with Crippen LogP contribution < -0.4 is 5.32 Å². The third-order valence-electron chi connectivity index (χ3n) is 5.06. The van der Waals surface area contributed by atoms with Gasteiger partial charge in [0.2, 0.25) is 5.89 Å². The van der Waals surface area contributed by atoms with Gasteiger partial charge in [-0.15, -0.1) is 11.3 Å². The van der Waals surface area contributed by atoms with Crippen molar-refractivity contribution in [3.63, 3.8) is 0 Å². The van der Waals surface area contributed by atoms with E-state index in [2.05, 4.69) is 25.3 Å². The largest absolute Gasteiger partial charge is 0.346 e. The minimum Gasteiger partial charge on any atom is -0.346 e. The molecule has 0 bridgehead atoms. The van der Waals surface area contributed by atoms with Crippen molar-refractivity contribution in [1.29, 1.82) is 0 Å². The van der Waals surface area contributed by atoms with Crippen LogP contribution in [-0.4, -0.2) is 38.5 Å². The van der Waals surface area contributed by atoms with Crippen LogP contribution in [0.3, 0.4) is 0 Å². The molecule has 1 atom stereocenters. The molecule has 1 saturated heterocycles. The van der Waals surface area contributed by atoms with Crippen LogP contribution in [0.15, 0.2) is 10.7 Å². The highest BCUT2D eigenvalue weighted by Crippen LogP contribution is 2.42. The zero-order valence-electron chi connectivity index (χ0n) is 14.0. The molecule has 1 aliphatic heterocycles. The average molecular weight is 359 g/mol. The van der Waals surface area contributed by atoms with Gasteiger partial charge in [0.1, 0.15) is 0 Å². The van der Waals surface area contributed by atoms with Crippen LogP contribution in [0.5, 0.6) is 0 Å². The second-order valence-electron chi connectivity index (χ2n) is 7.27. The first-order valence-electron chi connectivity index (χ1n) is 9.09. The summed E-state index contributed by atoms with van der Waals surface area (Å²) in [4.78, 5) is 24.6. The van der Waals surface area contributed by atoms with Gasteiger partial charge in [-0.2, -0.15) is 4.98 Å². The van der Waals surface area contributed by atoms with Gasteiger partial charge >= 0.3 is 0 Å². The number of thiazole rings is 1. The zero-order chi connectivity index (χ0) is 16.8. The van der Waals surface area contributed by atoms with Crippen LogP contribution in [0, 0.1) is 0 Å². The topological polar surface area (TPSA) is 84.2 Å². The van der Waals surface area contributed by atoms with Gasteiger partial charge in [0.15, 0.2) is 0 Å². The number of nitrogens with zero attached hydrogens (tertiary/aromatic N) is 4. The molecule has 0 spiro atoms. The van der Waals surface area contributed by atoms with Gasteiger partial charge in [0.25, 0.3) is 11.7 Å². The van der Waals surface area contributed by atoms with Crippen molar-refractivity contribution in [2.75, 3.05) is 6.54 Å². The monoisotopic (exact) mass is 359 g/mol. The molecule has 3 fully saturated rings. The first-order valence-corrected chi connectivity index (χ1v) is 9.91. The van der Waals surface area contributed by atoms with Crippen LogP contribution in [0.25, 0.3) is 0 Å². The van der Waals surface area contributed by atoms with E-state index in [0.717, 1.165) is 38.8 Å². The Balaban J connectivity index is 1.27. The third-order valence-corrected chi connectivity index (χ3v) is 6.21. The molecular formula is C17H21N5O2S. The van der Waals surface area contributed by atoms with Crippen LogP contribution in [0.4, 0.5) is 0 Å². The number of carbonyl (C=O) groups excluding carboxylic acids is 1. The first kappa shape index (κ1) is 15.5. The number of rotatable bonds is 6. The molecule has 2 aliphatic carbocycles. The molecule has 0 unspecified atom stereocenters. The van der Waals surface area contributed by atoms with Crippen LogP contribution >= 0.6 is 11.3 Å². The number of likely N-dealkylation sites (tertiary alicyclic amines) is 1. The van der Waals surface area contributed by atoms with Crippen LogP contribution in [0.1, 0.15) is 76.9 Å². The SMILES string of the molecule is O=C(NC1CC1)c1noc([C@@H]2CCCN2Cc2cnc(C3CC3)s2)n1. The van der Waals surface area contributed by atoms with Crippen molar-refractivity contribution in [1.82, 2.24) is 25.3 Å². The molecule has 2 saturated carbocycles. The quantitative estimate of drug-likeness (QED) is 0.853. The normalized spacial score (nSPS) is 23.9. The molecule has 3 aliphatic rings. The van der Waals surface area contributed by atoms with E-state index in [9.17, 15) is 4.79 Å². The van der Waals surface area contributed by atoms with Gasteiger partial charge in [-0.3, -0.25) is 9.69 Å². The Bertz CT molecular complexity index is 780. The molecule has 1 amide bonds. The predicted molar refractivity (Wildman–Crippen MR) is 91.3 cm³/mol. The minimum absolute atomic E-state index is 0.0986. The number of nitrogens with one attached hydrogen (secondary N) is 1. The summed E-state index contributed by atoms with van der Waals surface area (Å²) in [5.41, 5.74) is 0. The Hall–Kier alpha value is -1.80. The van der Waals surface area contributed by atoms with Crippen molar-refractivity contribution in [3.8, 4) is 0 Å². The van der Waals surface area contributed by atoms with Gasteiger partial charge in [-0.1, -0.05) is 5.16 Å². The number of hydrogen-bond donors (Lipinski definition) is 1. The molecule has 2 aromatic heterocycles. The van der Waals surface area contributed by atoms with Gasteiger partial charge in [0, 0.05) is 29.6 Å². The van der Waals surface area contributed by atoms with Crippen molar-refractivity contribution in [2.45, 2.75) is 63.1 Å². The maximum absolute atomic E-state index is 12.1. The Kier molecular flexibility index (Phi) is 3.82. The second-order valence-corrected chi connectivity index (χ2v) is 8.42. The predicted octanol–water partition coefficient (Wildman–Crippen LogP) is 2.63. The molecule has 7 nitrogen and oxygen atoms in total. The van der Waals surface area contributed by atoms with Crippen molar-refractivity contribution in [3.05, 3.63) is 27.8 Å². The lowest BCUT2D eigenvalue weighted by Gasteiger charge is -2.20. The van der Waals surface area contributed by atoms with E-state index in [-0.39, 0.29) is 17.8 Å². The zero-order valence-corrected chi connectivity index (χ0v) is 14.8.